The Hall–Kier alpha value is -1.63. The van der Waals surface area contributed by atoms with Gasteiger partial charge in [0.05, 0.1) is 26.4 Å². The van der Waals surface area contributed by atoms with Crippen LogP contribution < -0.4 is 5.73 Å². The summed E-state index contributed by atoms with van der Waals surface area (Å²) in [6, 6.07) is 5.69. The summed E-state index contributed by atoms with van der Waals surface area (Å²) in [4.78, 5) is 25.7. The van der Waals surface area contributed by atoms with Crippen molar-refractivity contribution in [2.45, 2.75) is 18.5 Å². The molecular weight excluding hydrogens is 308 g/mol. The Morgan fingerprint density at radius 3 is 2.77 bits per heavy atom. The lowest BCUT2D eigenvalue weighted by Crippen LogP contribution is -2.57. The van der Waals surface area contributed by atoms with Crippen molar-refractivity contribution in [1.29, 1.82) is 0 Å². The van der Waals surface area contributed by atoms with Crippen molar-refractivity contribution < 1.29 is 19.1 Å². The fourth-order valence-corrected chi connectivity index (χ4v) is 2.50. The molecule has 2 atom stereocenters. The smallest absolute Gasteiger partial charge is 0.331 e. The quantitative estimate of drug-likeness (QED) is 0.820. The van der Waals surface area contributed by atoms with Crippen molar-refractivity contribution in [3.05, 3.63) is 34.9 Å². The summed E-state index contributed by atoms with van der Waals surface area (Å²) in [6.45, 7) is 0.839. The number of halogens is 1. The zero-order chi connectivity index (χ0) is 16.1. The van der Waals surface area contributed by atoms with E-state index in [0.717, 1.165) is 5.56 Å². The highest BCUT2D eigenvalue weighted by molar-refractivity contribution is 6.30. The monoisotopic (exact) mass is 326 g/mol. The van der Waals surface area contributed by atoms with E-state index in [0.29, 0.717) is 24.6 Å². The molecular formula is C15H19ClN2O4. The predicted octanol–water partition coefficient (Wildman–Crippen LogP) is 0.610. The molecule has 1 amide bonds. The second-order valence-corrected chi connectivity index (χ2v) is 5.52. The van der Waals surface area contributed by atoms with Crippen LogP contribution in [0.5, 0.6) is 0 Å². The molecule has 1 aromatic rings. The van der Waals surface area contributed by atoms with E-state index < -0.39 is 18.1 Å². The number of esters is 1. The number of ether oxygens (including phenoxy) is 2. The topological polar surface area (TPSA) is 81.9 Å². The molecule has 7 heteroatoms. The molecule has 0 radical (unpaired) electrons. The van der Waals surface area contributed by atoms with E-state index in [1.165, 1.54) is 12.0 Å². The molecule has 0 aromatic heterocycles. The average molecular weight is 327 g/mol. The Kier molecular flexibility index (Phi) is 5.76. The fourth-order valence-electron chi connectivity index (χ4n) is 2.37. The van der Waals surface area contributed by atoms with Crippen molar-refractivity contribution in [2.75, 3.05) is 26.9 Å². The lowest BCUT2D eigenvalue weighted by Gasteiger charge is -2.35. The molecule has 0 saturated carbocycles. The molecule has 1 saturated heterocycles. The normalized spacial score (nSPS) is 19.6. The van der Waals surface area contributed by atoms with Gasteiger partial charge in [0.25, 0.3) is 0 Å². The summed E-state index contributed by atoms with van der Waals surface area (Å²) >= 11 is 5.83. The number of nitrogens with two attached hydrogens (primary N) is 1. The van der Waals surface area contributed by atoms with E-state index in [-0.39, 0.29) is 12.5 Å². The molecule has 0 spiro atoms. The largest absolute Gasteiger partial charge is 0.467 e. The number of amides is 1. The number of benzene rings is 1. The standard InChI is InChI=1S/C15H19ClN2O4/c1-21-15(20)13-9-22-7-6-18(13)14(19)12(17)8-10-2-4-11(16)5-3-10/h2-5,12-13H,6-9,17H2,1H3/t12-,13-/m0/s1. The van der Waals surface area contributed by atoms with E-state index in [2.05, 4.69) is 0 Å². The van der Waals surface area contributed by atoms with Crippen LogP contribution in [0, 0.1) is 0 Å². The maximum Gasteiger partial charge on any atom is 0.331 e. The number of nitrogens with zero attached hydrogens (tertiary/aromatic N) is 1. The van der Waals surface area contributed by atoms with Crippen molar-refractivity contribution in [3.63, 3.8) is 0 Å². The lowest BCUT2D eigenvalue weighted by atomic mass is 10.0. The summed E-state index contributed by atoms with van der Waals surface area (Å²) in [5.74, 6) is -0.777. The molecule has 1 aromatic carbocycles. The summed E-state index contributed by atoms with van der Waals surface area (Å²) in [6.07, 6.45) is 0.376. The molecule has 0 bridgehead atoms. The van der Waals surface area contributed by atoms with E-state index in [4.69, 9.17) is 26.8 Å². The number of carbonyl (C=O) groups is 2. The van der Waals surface area contributed by atoms with Gasteiger partial charge >= 0.3 is 5.97 Å². The van der Waals surface area contributed by atoms with Crippen molar-refractivity contribution in [3.8, 4) is 0 Å². The second-order valence-electron chi connectivity index (χ2n) is 5.08. The van der Waals surface area contributed by atoms with Crippen molar-refractivity contribution in [1.82, 2.24) is 4.90 Å². The van der Waals surface area contributed by atoms with Gasteiger partial charge in [-0.3, -0.25) is 4.79 Å². The van der Waals surface area contributed by atoms with Crippen molar-refractivity contribution >= 4 is 23.5 Å². The molecule has 1 fully saturated rings. The zero-order valence-corrected chi connectivity index (χ0v) is 13.1. The Bertz CT molecular complexity index is 535. The molecule has 22 heavy (non-hydrogen) atoms. The van der Waals surface area contributed by atoms with Gasteiger partial charge in [0.2, 0.25) is 5.91 Å². The Labute approximate surface area is 134 Å². The van der Waals surface area contributed by atoms with Crippen LogP contribution in [-0.2, 0) is 25.5 Å². The van der Waals surface area contributed by atoms with Crippen LogP contribution in [0.15, 0.2) is 24.3 Å². The summed E-state index contributed by atoms with van der Waals surface area (Å²) in [5, 5.41) is 0.627. The third-order valence-corrected chi connectivity index (χ3v) is 3.82. The summed E-state index contributed by atoms with van der Waals surface area (Å²) < 4.78 is 9.96. The van der Waals surface area contributed by atoms with Gasteiger partial charge in [0.15, 0.2) is 6.04 Å². The first-order chi connectivity index (χ1) is 10.5. The number of hydrogen-bond acceptors (Lipinski definition) is 5. The minimum absolute atomic E-state index is 0.131. The molecule has 1 heterocycles. The minimum atomic E-state index is -0.734. The van der Waals surface area contributed by atoms with Crippen LogP contribution in [0.3, 0.4) is 0 Å². The number of hydrogen-bond donors (Lipinski definition) is 1. The van der Waals surface area contributed by atoms with Gasteiger partial charge < -0.3 is 20.1 Å². The highest BCUT2D eigenvalue weighted by Gasteiger charge is 2.35. The SMILES string of the molecule is COC(=O)[C@@H]1COCCN1C(=O)[C@@H](N)Cc1ccc(Cl)cc1. The first-order valence-corrected chi connectivity index (χ1v) is 7.37. The molecule has 0 unspecified atom stereocenters. The fraction of sp³-hybridized carbons (Fsp3) is 0.467. The minimum Gasteiger partial charge on any atom is -0.467 e. The van der Waals surface area contributed by atoms with Gasteiger partial charge in [-0.2, -0.15) is 0 Å². The highest BCUT2D eigenvalue weighted by atomic mass is 35.5. The Balaban J connectivity index is 2.04. The molecule has 2 rings (SSSR count). The summed E-state index contributed by atoms with van der Waals surface area (Å²) in [7, 11) is 1.28. The molecule has 6 nitrogen and oxygen atoms in total. The molecule has 0 aliphatic carbocycles. The lowest BCUT2D eigenvalue weighted by molar-refractivity contribution is -0.161. The summed E-state index contributed by atoms with van der Waals surface area (Å²) in [5.41, 5.74) is 6.92. The van der Waals surface area contributed by atoms with Gasteiger partial charge in [-0.1, -0.05) is 23.7 Å². The van der Waals surface area contributed by atoms with Gasteiger partial charge in [-0.25, -0.2) is 4.79 Å². The maximum absolute atomic E-state index is 12.5. The molecule has 2 N–H and O–H groups in total. The molecule has 120 valence electrons. The van der Waals surface area contributed by atoms with E-state index in [1.54, 1.807) is 12.1 Å². The van der Waals surface area contributed by atoms with Gasteiger partial charge in [0, 0.05) is 11.6 Å². The maximum atomic E-state index is 12.5. The van der Waals surface area contributed by atoms with Gasteiger partial charge in [-0.05, 0) is 24.1 Å². The molecule has 1 aliphatic heterocycles. The van der Waals surface area contributed by atoms with Crippen LogP contribution in [0.2, 0.25) is 5.02 Å². The Morgan fingerprint density at radius 1 is 1.45 bits per heavy atom. The molecule has 1 aliphatic rings. The van der Waals surface area contributed by atoms with Crippen molar-refractivity contribution in [2.24, 2.45) is 5.73 Å². The zero-order valence-electron chi connectivity index (χ0n) is 12.3. The van der Waals surface area contributed by atoms with E-state index in [9.17, 15) is 9.59 Å². The van der Waals surface area contributed by atoms with E-state index >= 15 is 0 Å². The first kappa shape index (κ1) is 16.7. The predicted molar refractivity (Wildman–Crippen MR) is 81.5 cm³/mol. The van der Waals surface area contributed by atoms with Gasteiger partial charge in [-0.15, -0.1) is 0 Å². The Morgan fingerprint density at radius 2 is 2.14 bits per heavy atom. The van der Waals surface area contributed by atoms with Crippen LogP contribution in [0.25, 0.3) is 0 Å². The third kappa shape index (κ3) is 3.97. The number of morpholine rings is 1. The second kappa shape index (κ2) is 7.58. The number of carbonyl (C=O) groups excluding carboxylic acids is 2. The first-order valence-electron chi connectivity index (χ1n) is 6.99. The van der Waals surface area contributed by atoms with Gasteiger partial charge in [0.1, 0.15) is 0 Å². The van der Waals surface area contributed by atoms with Crippen LogP contribution in [0.1, 0.15) is 5.56 Å². The van der Waals surface area contributed by atoms with Crippen LogP contribution in [-0.4, -0.2) is 55.7 Å². The third-order valence-electron chi connectivity index (χ3n) is 3.57. The highest BCUT2D eigenvalue weighted by Crippen LogP contribution is 2.14. The van der Waals surface area contributed by atoms with E-state index in [1.807, 2.05) is 12.1 Å². The van der Waals surface area contributed by atoms with Crippen LogP contribution in [0.4, 0.5) is 0 Å². The number of methoxy groups -OCH3 is 1. The average Bonchev–Trinajstić information content (AvgIpc) is 2.55. The number of rotatable bonds is 4. The van der Waals surface area contributed by atoms with Crippen LogP contribution >= 0.6 is 11.6 Å².